The lowest BCUT2D eigenvalue weighted by Gasteiger charge is -2.11. The van der Waals surface area contributed by atoms with Crippen LogP contribution in [0, 0.1) is 0 Å². The molecule has 140 valence electrons. The number of hydrogen-bond acceptors (Lipinski definition) is 7. The SMILES string of the molecule is O=C(Cn1c(=O)cc(-c2nc(C3CC3)no2)c2ccccc21)Nc1nccs1. The molecule has 0 bridgehead atoms. The first kappa shape index (κ1) is 16.8. The fraction of sp³-hybridized carbons (Fsp3) is 0.211. The Hall–Kier alpha value is -3.33. The quantitative estimate of drug-likeness (QED) is 0.559. The lowest BCUT2D eigenvalue weighted by atomic mass is 10.1. The number of carbonyl (C=O) groups excluding carboxylic acids is 1. The summed E-state index contributed by atoms with van der Waals surface area (Å²) in [6.45, 7) is -0.115. The molecule has 3 heterocycles. The molecular formula is C19H15N5O3S. The lowest BCUT2D eigenvalue weighted by Crippen LogP contribution is -2.27. The van der Waals surface area contributed by atoms with Gasteiger partial charge in [-0.2, -0.15) is 4.98 Å². The average Bonchev–Trinajstić information content (AvgIpc) is 3.21. The number of fused-ring (bicyclic) bond motifs is 1. The van der Waals surface area contributed by atoms with Gasteiger partial charge in [0.25, 0.3) is 11.4 Å². The van der Waals surface area contributed by atoms with Crippen molar-refractivity contribution in [1.82, 2.24) is 19.7 Å². The van der Waals surface area contributed by atoms with Crippen LogP contribution < -0.4 is 10.9 Å². The third-order valence-electron chi connectivity index (χ3n) is 4.61. The van der Waals surface area contributed by atoms with Crippen LogP contribution in [0.1, 0.15) is 24.6 Å². The van der Waals surface area contributed by atoms with Gasteiger partial charge in [-0.1, -0.05) is 23.4 Å². The predicted molar refractivity (Wildman–Crippen MR) is 104 cm³/mol. The molecule has 0 atom stereocenters. The van der Waals surface area contributed by atoms with Crippen LogP contribution in [0.5, 0.6) is 0 Å². The van der Waals surface area contributed by atoms with E-state index in [1.54, 1.807) is 17.6 Å². The molecule has 1 fully saturated rings. The third kappa shape index (κ3) is 3.09. The highest BCUT2D eigenvalue weighted by Gasteiger charge is 2.29. The minimum Gasteiger partial charge on any atom is -0.334 e. The molecule has 3 aromatic heterocycles. The summed E-state index contributed by atoms with van der Waals surface area (Å²) in [5, 5.41) is 9.78. The van der Waals surface area contributed by atoms with Crippen LogP contribution in [0.4, 0.5) is 5.13 Å². The fourth-order valence-corrected chi connectivity index (χ4v) is 3.66. The molecular weight excluding hydrogens is 378 g/mol. The van der Waals surface area contributed by atoms with E-state index in [0.29, 0.717) is 33.8 Å². The van der Waals surface area contributed by atoms with E-state index < -0.39 is 0 Å². The highest BCUT2D eigenvalue weighted by Crippen LogP contribution is 2.39. The number of benzene rings is 1. The zero-order valence-electron chi connectivity index (χ0n) is 14.7. The maximum atomic E-state index is 12.8. The molecule has 0 aliphatic heterocycles. The van der Waals surface area contributed by atoms with Gasteiger partial charge in [0.15, 0.2) is 11.0 Å². The van der Waals surface area contributed by atoms with Crippen molar-refractivity contribution in [3.8, 4) is 11.5 Å². The second kappa shape index (κ2) is 6.68. The zero-order chi connectivity index (χ0) is 19.1. The van der Waals surface area contributed by atoms with Crippen molar-refractivity contribution in [2.45, 2.75) is 25.3 Å². The van der Waals surface area contributed by atoms with Crippen molar-refractivity contribution in [2.24, 2.45) is 0 Å². The van der Waals surface area contributed by atoms with Gasteiger partial charge in [-0.3, -0.25) is 14.2 Å². The number of amides is 1. The second-order valence-corrected chi connectivity index (χ2v) is 7.51. The van der Waals surface area contributed by atoms with Gasteiger partial charge in [0, 0.05) is 28.9 Å². The van der Waals surface area contributed by atoms with Gasteiger partial charge in [0.2, 0.25) is 5.91 Å². The molecule has 0 radical (unpaired) electrons. The Balaban J connectivity index is 1.54. The van der Waals surface area contributed by atoms with Gasteiger partial charge >= 0.3 is 0 Å². The van der Waals surface area contributed by atoms with Crippen molar-refractivity contribution in [1.29, 1.82) is 0 Å². The average molecular weight is 393 g/mol. The van der Waals surface area contributed by atoms with Crippen LogP contribution in [-0.2, 0) is 11.3 Å². The Morgan fingerprint density at radius 2 is 2.18 bits per heavy atom. The number of pyridine rings is 1. The van der Waals surface area contributed by atoms with Gasteiger partial charge in [-0.05, 0) is 18.9 Å². The van der Waals surface area contributed by atoms with Gasteiger partial charge < -0.3 is 9.84 Å². The van der Waals surface area contributed by atoms with E-state index in [1.807, 2.05) is 18.2 Å². The predicted octanol–water partition coefficient (Wildman–Crippen LogP) is 3.02. The van der Waals surface area contributed by atoms with Crippen LogP contribution >= 0.6 is 11.3 Å². The summed E-state index contributed by atoms with van der Waals surface area (Å²) in [7, 11) is 0. The van der Waals surface area contributed by atoms with Gasteiger partial charge in [0.05, 0.1) is 11.1 Å². The van der Waals surface area contributed by atoms with E-state index in [4.69, 9.17) is 4.52 Å². The van der Waals surface area contributed by atoms with Crippen LogP contribution in [0.2, 0.25) is 0 Å². The van der Waals surface area contributed by atoms with E-state index in [1.165, 1.54) is 22.0 Å². The topological polar surface area (TPSA) is 103 Å². The molecule has 1 aliphatic rings. The lowest BCUT2D eigenvalue weighted by molar-refractivity contribution is -0.116. The second-order valence-electron chi connectivity index (χ2n) is 6.62. The molecule has 1 aromatic carbocycles. The van der Waals surface area contributed by atoms with Crippen molar-refractivity contribution >= 4 is 33.3 Å². The monoisotopic (exact) mass is 393 g/mol. The van der Waals surface area contributed by atoms with Gasteiger partial charge in [0.1, 0.15) is 6.54 Å². The number of anilines is 1. The van der Waals surface area contributed by atoms with Crippen molar-refractivity contribution in [2.75, 3.05) is 5.32 Å². The Labute approximate surface area is 162 Å². The summed E-state index contributed by atoms with van der Waals surface area (Å²) in [5.74, 6) is 1.06. The van der Waals surface area contributed by atoms with Gasteiger partial charge in [-0.15, -0.1) is 11.3 Å². The maximum Gasteiger partial charge on any atom is 0.258 e. The van der Waals surface area contributed by atoms with Gasteiger partial charge in [-0.25, -0.2) is 4.98 Å². The largest absolute Gasteiger partial charge is 0.334 e. The van der Waals surface area contributed by atoms with E-state index in [2.05, 4.69) is 20.4 Å². The van der Waals surface area contributed by atoms with E-state index in [-0.39, 0.29) is 18.0 Å². The van der Waals surface area contributed by atoms with Crippen molar-refractivity contribution in [3.63, 3.8) is 0 Å². The fourth-order valence-electron chi connectivity index (χ4n) is 3.11. The first-order valence-corrected chi connectivity index (χ1v) is 9.73. The number of nitrogens with zero attached hydrogens (tertiary/aromatic N) is 4. The minimum atomic E-state index is -0.316. The summed E-state index contributed by atoms with van der Waals surface area (Å²) >= 11 is 1.32. The summed E-state index contributed by atoms with van der Waals surface area (Å²) in [6.07, 6.45) is 3.74. The van der Waals surface area contributed by atoms with Crippen LogP contribution in [-0.4, -0.2) is 25.6 Å². The number of aromatic nitrogens is 4. The number of thiazole rings is 1. The Morgan fingerprint density at radius 1 is 1.32 bits per heavy atom. The molecule has 9 heteroatoms. The summed E-state index contributed by atoms with van der Waals surface area (Å²) in [4.78, 5) is 33.7. The van der Waals surface area contributed by atoms with E-state index in [9.17, 15) is 9.59 Å². The number of hydrogen-bond donors (Lipinski definition) is 1. The zero-order valence-corrected chi connectivity index (χ0v) is 15.5. The van der Waals surface area contributed by atoms with Crippen LogP contribution in [0.3, 0.4) is 0 Å². The van der Waals surface area contributed by atoms with Crippen molar-refractivity contribution in [3.05, 3.63) is 58.1 Å². The minimum absolute atomic E-state index is 0.115. The highest BCUT2D eigenvalue weighted by molar-refractivity contribution is 7.13. The number of para-hydroxylation sites is 1. The molecule has 1 amide bonds. The van der Waals surface area contributed by atoms with E-state index in [0.717, 1.165) is 18.2 Å². The standard InChI is InChI=1S/C19H15N5O3S/c25-15(21-19-20-7-8-28-19)10-24-14-4-2-1-3-12(14)13(9-16(24)26)18-22-17(23-27-18)11-5-6-11/h1-4,7-9,11H,5-6,10H2,(H,20,21,25). The molecule has 0 saturated heterocycles. The molecule has 8 nitrogen and oxygen atoms in total. The molecule has 0 spiro atoms. The molecule has 1 saturated carbocycles. The molecule has 5 rings (SSSR count). The highest BCUT2D eigenvalue weighted by atomic mass is 32.1. The molecule has 4 aromatic rings. The maximum absolute atomic E-state index is 12.8. The molecule has 1 N–H and O–H groups in total. The molecule has 1 aliphatic carbocycles. The summed E-state index contributed by atoms with van der Waals surface area (Å²) in [5.41, 5.74) is 0.899. The molecule has 0 unspecified atom stereocenters. The Morgan fingerprint density at radius 3 is 2.96 bits per heavy atom. The first-order chi connectivity index (χ1) is 13.7. The number of rotatable bonds is 5. The normalized spacial score (nSPS) is 13.7. The number of carbonyl (C=O) groups is 1. The first-order valence-electron chi connectivity index (χ1n) is 8.85. The Bertz CT molecular complexity index is 1220. The smallest absolute Gasteiger partial charge is 0.258 e. The van der Waals surface area contributed by atoms with Crippen LogP contribution in [0.15, 0.2) is 51.2 Å². The van der Waals surface area contributed by atoms with E-state index >= 15 is 0 Å². The van der Waals surface area contributed by atoms with Crippen LogP contribution in [0.25, 0.3) is 22.4 Å². The van der Waals surface area contributed by atoms with Crippen molar-refractivity contribution < 1.29 is 9.32 Å². The summed E-state index contributed by atoms with van der Waals surface area (Å²) in [6, 6.07) is 8.82. The molecule has 28 heavy (non-hydrogen) atoms. The third-order valence-corrected chi connectivity index (χ3v) is 5.30. The number of nitrogens with one attached hydrogen (secondary N) is 1. The Kier molecular flexibility index (Phi) is 4.01. The summed E-state index contributed by atoms with van der Waals surface area (Å²) < 4.78 is 6.84.